The van der Waals surface area contributed by atoms with Crippen LogP contribution < -0.4 is 11.2 Å². The molecule has 0 unspecified atom stereocenters. The van der Waals surface area contributed by atoms with Gasteiger partial charge < -0.3 is 0 Å². The fraction of sp³-hybridized carbons (Fsp3) is 0.333. The van der Waals surface area contributed by atoms with Crippen molar-refractivity contribution >= 4 is 27.7 Å². The molecule has 0 saturated carbocycles. The molecule has 0 spiro atoms. The van der Waals surface area contributed by atoms with Crippen LogP contribution in [0.3, 0.4) is 0 Å². The number of aromatic nitrogens is 2. The van der Waals surface area contributed by atoms with E-state index in [4.69, 9.17) is 0 Å². The maximum Gasteiger partial charge on any atom is 0.329 e. The van der Waals surface area contributed by atoms with Crippen molar-refractivity contribution in [1.82, 2.24) is 9.55 Å². The Hall–Kier alpha value is -0.490. The van der Waals surface area contributed by atoms with E-state index in [1.807, 2.05) is 0 Å². The second-order valence-corrected chi connectivity index (χ2v) is 4.26. The Labute approximate surface area is 80.1 Å². The van der Waals surface area contributed by atoms with E-state index in [-0.39, 0.29) is 11.2 Å². The van der Waals surface area contributed by atoms with Gasteiger partial charge in [-0.1, -0.05) is 0 Å². The molecule has 4 nitrogen and oxygen atoms in total. The van der Waals surface area contributed by atoms with E-state index in [0.717, 1.165) is 10.8 Å². The minimum atomic E-state index is -0.347. The normalized spacial score (nSPS) is 14.8. The fourth-order valence-corrected chi connectivity index (χ4v) is 2.78. The monoisotopic (exact) mass is 248 g/mol. The Morgan fingerprint density at radius 1 is 1.50 bits per heavy atom. The summed E-state index contributed by atoms with van der Waals surface area (Å²) in [5, 5.41) is 0.740. The number of H-pyrrole nitrogens is 1. The van der Waals surface area contributed by atoms with Gasteiger partial charge in [0, 0.05) is 12.3 Å². The van der Waals surface area contributed by atoms with Gasteiger partial charge in [-0.3, -0.25) is 14.3 Å². The standard InChI is InChI=1S/C6H5BrN2O2S/c7-3-4(10)8-6(11)9-1-2-12-5(3)9/h1-2H2,(H,8,10,11). The van der Waals surface area contributed by atoms with E-state index in [0.29, 0.717) is 11.0 Å². The molecular formula is C6H5BrN2O2S. The number of nitrogens with one attached hydrogen (secondary N) is 1. The largest absolute Gasteiger partial charge is 0.329 e. The summed E-state index contributed by atoms with van der Waals surface area (Å²) >= 11 is 4.66. The summed E-state index contributed by atoms with van der Waals surface area (Å²) in [6.07, 6.45) is 0. The van der Waals surface area contributed by atoms with Gasteiger partial charge in [-0.15, -0.1) is 11.8 Å². The van der Waals surface area contributed by atoms with Gasteiger partial charge >= 0.3 is 5.69 Å². The zero-order valence-corrected chi connectivity index (χ0v) is 8.37. The first-order valence-corrected chi connectivity index (χ1v) is 5.13. The van der Waals surface area contributed by atoms with Crippen molar-refractivity contribution in [3.05, 3.63) is 25.3 Å². The highest BCUT2D eigenvalue weighted by Gasteiger charge is 2.17. The van der Waals surface area contributed by atoms with Crippen LogP contribution in [-0.2, 0) is 6.54 Å². The molecule has 2 heterocycles. The lowest BCUT2D eigenvalue weighted by molar-refractivity contribution is 0.652. The molecule has 6 heteroatoms. The minimum absolute atomic E-state index is 0.316. The lowest BCUT2D eigenvalue weighted by Gasteiger charge is -2.00. The number of halogens is 1. The molecule has 0 saturated heterocycles. The van der Waals surface area contributed by atoms with Crippen molar-refractivity contribution < 1.29 is 0 Å². The number of hydrogen-bond acceptors (Lipinski definition) is 3. The first kappa shape index (κ1) is 8.12. The van der Waals surface area contributed by atoms with E-state index < -0.39 is 0 Å². The number of nitrogens with zero attached hydrogens (tertiary/aromatic N) is 1. The molecule has 64 valence electrons. The van der Waals surface area contributed by atoms with Crippen LogP contribution in [0.5, 0.6) is 0 Å². The van der Waals surface area contributed by atoms with E-state index >= 15 is 0 Å². The van der Waals surface area contributed by atoms with Gasteiger partial charge in [-0.05, 0) is 15.9 Å². The average Bonchev–Trinajstić information content (AvgIpc) is 2.48. The molecule has 0 aromatic carbocycles. The number of thioether (sulfide) groups is 1. The van der Waals surface area contributed by atoms with Crippen LogP contribution in [0.15, 0.2) is 19.1 Å². The first-order chi connectivity index (χ1) is 5.70. The van der Waals surface area contributed by atoms with Gasteiger partial charge in [-0.2, -0.15) is 0 Å². The van der Waals surface area contributed by atoms with Crippen molar-refractivity contribution in [2.24, 2.45) is 0 Å². The molecule has 1 aromatic rings. The molecule has 1 aliphatic heterocycles. The molecule has 0 bridgehead atoms. The average molecular weight is 249 g/mol. The highest BCUT2D eigenvalue weighted by molar-refractivity contribution is 9.10. The molecule has 2 rings (SSSR count). The summed E-state index contributed by atoms with van der Waals surface area (Å²) < 4.78 is 2.03. The summed E-state index contributed by atoms with van der Waals surface area (Å²) in [6, 6.07) is 0. The van der Waals surface area contributed by atoms with Gasteiger partial charge in [0.1, 0.15) is 4.47 Å². The molecule has 0 atom stereocenters. The van der Waals surface area contributed by atoms with Crippen molar-refractivity contribution in [3.63, 3.8) is 0 Å². The highest BCUT2D eigenvalue weighted by Crippen LogP contribution is 2.27. The molecule has 0 radical (unpaired) electrons. The third-order valence-corrected chi connectivity index (χ3v) is 3.73. The molecule has 0 amide bonds. The van der Waals surface area contributed by atoms with Gasteiger partial charge in [0.2, 0.25) is 0 Å². The second kappa shape index (κ2) is 2.77. The molecule has 1 aliphatic rings. The van der Waals surface area contributed by atoms with Gasteiger partial charge in [-0.25, -0.2) is 4.79 Å². The topological polar surface area (TPSA) is 54.9 Å². The van der Waals surface area contributed by atoms with Crippen LogP contribution in [0.1, 0.15) is 0 Å². The van der Waals surface area contributed by atoms with Crippen LogP contribution in [0, 0.1) is 0 Å². The highest BCUT2D eigenvalue weighted by atomic mass is 79.9. The van der Waals surface area contributed by atoms with Crippen LogP contribution in [0.4, 0.5) is 0 Å². The zero-order valence-electron chi connectivity index (χ0n) is 5.96. The quantitative estimate of drug-likeness (QED) is 0.677. The summed E-state index contributed by atoms with van der Waals surface area (Å²) in [5.41, 5.74) is -0.663. The summed E-state index contributed by atoms with van der Waals surface area (Å²) in [6.45, 7) is 0.675. The zero-order chi connectivity index (χ0) is 8.72. The Bertz CT molecular complexity index is 436. The number of fused-ring (bicyclic) bond motifs is 1. The molecule has 0 aliphatic carbocycles. The Balaban J connectivity index is 2.87. The van der Waals surface area contributed by atoms with E-state index in [1.54, 1.807) is 4.57 Å². The second-order valence-electron chi connectivity index (χ2n) is 2.38. The van der Waals surface area contributed by atoms with E-state index in [1.165, 1.54) is 11.8 Å². The Morgan fingerprint density at radius 3 is 3.00 bits per heavy atom. The Morgan fingerprint density at radius 2 is 2.25 bits per heavy atom. The van der Waals surface area contributed by atoms with Crippen LogP contribution in [0.25, 0.3) is 0 Å². The van der Waals surface area contributed by atoms with E-state index in [9.17, 15) is 9.59 Å². The van der Waals surface area contributed by atoms with Gasteiger partial charge in [0.05, 0.1) is 5.03 Å². The van der Waals surface area contributed by atoms with Crippen molar-refractivity contribution in [2.45, 2.75) is 11.6 Å². The lowest BCUT2D eigenvalue weighted by Crippen LogP contribution is -2.29. The molecular weight excluding hydrogens is 244 g/mol. The molecule has 1 N–H and O–H groups in total. The lowest BCUT2D eigenvalue weighted by atomic mass is 10.6. The number of rotatable bonds is 0. The molecule has 1 aromatic heterocycles. The van der Waals surface area contributed by atoms with Crippen LogP contribution >= 0.6 is 27.7 Å². The van der Waals surface area contributed by atoms with Gasteiger partial charge in [0.25, 0.3) is 5.56 Å². The summed E-state index contributed by atoms with van der Waals surface area (Å²) in [4.78, 5) is 24.5. The first-order valence-electron chi connectivity index (χ1n) is 3.35. The molecule has 12 heavy (non-hydrogen) atoms. The van der Waals surface area contributed by atoms with Crippen molar-refractivity contribution in [3.8, 4) is 0 Å². The smallest absolute Gasteiger partial charge is 0.286 e. The van der Waals surface area contributed by atoms with E-state index in [2.05, 4.69) is 20.9 Å². The minimum Gasteiger partial charge on any atom is -0.286 e. The van der Waals surface area contributed by atoms with Crippen molar-refractivity contribution in [1.29, 1.82) is 0 Å². The maximum absolute atomic E-state index is 11.2. The molecule has 0 fully saturated rings. The predicted octanol–water partition coefficient (Wildman–Crippen LogP) is 0.405. The third kappa shape index (κ3) is 1.06. The number of hydrogen-bond donors (Lipinski definition) is 1. The predicted molar refractivity (Wildman–Crippen MR) is 49.7 cm³/mol. The van der Waals surface area contributed by atoms with Crippen LogP contribution in [0.2, 0.25) is 0 Å². The SMILES string of the molecule is O=c1[nH]c(=O)n2c(c1Br)SCC2. The third-order valence-electron chi connectivity index (χ3n) is 1.65. The van der Waals surface area contributed by atoms with Gasteiger partial charge in [0.15, 0.2) is 0 Å². The fourth-order valence-electron chi connectivity index (χ4n) is 1.11. The maximum atomic E-state index is 11.2. The van der Waals surface area contributed by atoms with Crippen LogP contribution in [-0.4, -0.2) is 15.3 Å². The Kier molecular flexibility index (Phi) is 1.88. The van der Waals surface area contributed by atoms with Crippen molar-refractivity contribution in [2.75, 3.05) is 5.75 Å². The summed E-state index contributed by atoms with van der Waals surface area (Å²) in [7, 11) is 0. The number of aromatic amines is 1. The summed E-state index contributed by atoms with van der Waals surface area (Å²) in [5.74, 6) is 0.852.